The lowest BCUT2D eigenvalue weighted by Gasteiger charge is -2.19. The van der Waals surface area contributed by atoms with E-state index < -0.39 is 0 Å². The quantitative estimate of drug-likeness (QED) is 0.704. The van der Waals surface area contributed by atoms with E-state index in [1.54, 1.807) is 25.6 Å². The molecule has 0 bridgehead atoms. The second-order valence-electron chi connectivity index (χ2n) is 6.58. The fourth-order valence-electron chi connectivity index (χ4n) is 3.44. The van der Waals surface area contributed by atoms with Crippen molar-refractivity contribution >= 4 is 30.0 Å². The molecule has 0 aromatic carbocycles. The summed E-state index contributed by atoms with van der Waals surface area (Å²) in [6.07, 6.45) is 1.99. The fourth-order valence-corrected chi connectivity index (χ4v) is 3.44. The van der Waals surface area contributed by atoms with Gasteiger partial charge >= 0.3 is 0 Å². The molecule has 0 atom stereocenters. The maximum absolute atomic E-state index is 12.6. The zero-order valence-corrected chi connectivity index (χ0v) is 16.3. The van der Waals surface area contributed by atoms with Gasteiger partial charge in [-0.25, -0.2) is 4.68 Å². The summed E-state index contributed by atoms with van der Waals surface area (Å²) < 4.78 is 1.59. The number of halogens is 1. The Labute approximate surface area is 158 Å². The van der Waals surface area contributed by atoms with Crippen molar-refractivity contribution in [2.24, 2.45) is 7.05 Å². The van der Waals surface area contributed by atoms with E-state index in [0.29, 0.717) is 34.4 Å². The lowest BCUT2D eigenvalue weighted by atomic mass is 9.98. The van der Waals surface area contributed by atoms with Crippen molar-refractivity contribution < 1.29 is 9.59 Å². The van der Waals surface area contributed by atoms with Crippen molar-refractivity contribution in [2.75, 3.05) is 18.4 Å². The largest absolute Gasteiger partial charge is 0.354 e. The van der Waals surface area contributed by atoms with Crippen LogP contribution in [0.4, 0.5) is 5.95 Å². The number of hydrogen-bond donors (Lipinski definition) is 3. The molecule has 2 aromatic heterocycles. The van der Waals surface area contributed by atoms with Gasteiger partial charge < -0.3 is 10.3 Å². The normalized spacial score (nSPS) is 14.8. The molecule has 3 rings (SSSR count). The van der Waals surface area contributed by atoms with Gasteiger partial charge in [0, 0.05) is 24.2 Å². The van der Waals surface area contributed by atoms with E-state index in [-0.39, 0.29) is 24.1 Å². The number of piperidine rings is 1. The predicted octanol–water partition coefficient (Wildman–Crippen LogP) is 2.10. The number of H-pyrrole nitrogens is 1. The second kappa shape index (κ2) is 8.01. The first-order chi connectivity index (χ1) is 11.9. The Kier molecular flexibility index (Phi) is 6.20. The summed E-state index contributed by atoms with van der Waals surface area (Å²) in [5.41, 5.74) is 2.30. The number of carbonyl (C=O) groups excluding carboxylic acids is 2. The molecule has 8 nitrogen and oxygen atoms in total. The van der Waals surface area contributed by atoms with E-state index in [2.05, 4.69) is 25.7 Å². The van der Waals surface area contributed by atoms with Crippen LogP contribution in [-0.4, -0.2) is 44.5 Å². The molecular weight excluding hydrogens is 356 g/mol. The monoisotopic (exact) mass is 380 g/mol. The lowest BCUT2D eigenvalue weighted by Crippen LogP contribution is -2.27. The SMILES string of the molecule is CC(=O)c1c(C)[nH]c(C(=O)Nc2nc(C3CCNCC3)nn2C)c1C.Cl. The van der Waals surface area contributed by atoms with Gasteiger partial charge in [0.15, 0.2) is 11.6 Å². The van der Waals surface area contributed by atoms with Gasteiger partial charge in [0.1, 0.15) is 5.69 Å². The number of amides is 1. The Hall–Kier alpha value is -2.19. The molecule has 1 aliphatic heterocycles. The zero-order valence-electron chi connectivity index (χ0n) is 15.5. The molecular formula is C17H25ClN6O2. The minimum atomic E-state index is -0.319. The highest BCUT2D eigenvalue weighted by Crippen LogP contribution is 2.24. The second-order valence-corrected chi connectivity index (χ2v) is 6.58. The molecule has 0 spiro atoms. The number of aromatic amines is 1. The molecule has 142 valence electrons. The van der Waals surface area contributed by atoms with Crippen LogP contribution in [0.1, 0.15) is 63.6 Å². The number of carbonyl (C=O) groups is 2. The highest BCUT2D eigenvalue weighted by Gasteiger charge is 2.23. The molecule has 26 heavy (non-hydrogen) atoms. The van der Waals surface area contributed by atoms with Crippen molar-refractivity contribution in [3.63, 3.8) is 0 Å². The number of Topliss-reactive ketones (excluding diaryl/α,β-unsaturated/α-hetero) is 1. The van der Waals surface area contributed by atoms with Crippen LogP contribution in [0.3, 0.4) is 0 Å². The van der Waals surface area contributed by atoms with E-state index in [1.165, 1.54) is 6.92 Å². The van der Waals surface area contributed by atoms with Crippen LogP contribution < -0.4 is 10.6 Å². The van der Waals surface area contributed by atoms with E-state index in [1.807, 2.05) is 0 Å². The molecule has 0 unspecified atom stereocenters. The Morgan fingerprint density at radius 1 is 1.23 bits per heavy atom. The molecule has 1 saturated heterocycles. The molecule has 0 aliphatic carbocycles. The van der Waals surface area contributed by atoms with Crippen LogP contribution in [0.5, 0.6) is 0 Å². The Morgan fingerprint density at radius 2 is 1.88 bits per heavy atom. The van der Waals surface area contributed by atoms with Crippen LogP contribution in [0.15, 0.2) is 0 Å². The summed E-state index contributed by atoms with van der Waals surface area (Å²) in [5, 5.41) is 10.6. The summed E-state index contributed by atoms with van der Waals surface area (Å²) >= 11 is 0. The van der Waals surface area contributed by atoms with Gasteiger partial charge in [0.05, 0.1) is 0 Å². The first-order valence-electron chi connectivity index (χ1n) is 8.51. The zero-order chi connectivity index (χ0) is 18.1. The van der Waals surface area contributed by atoms with Crippen LogP contribution in [0.25, 0.3) is 0 Å². The Morgan fingerprint density at radius 3 is 2.46 bits per heavy atom. The molecule has 3 heterocycles. The fraction of sp³-hybridized carbons (Fsp3) is 0.529. The number of anilines is 1. The van der Waals surface area contributed by atoms with Gasteiger partial charge in [0.25, 0.3) is 5.91 Å². The molecule has 2 aromatic rings. The topological polar surface area (TPSA) is 105 Å². The van der Waals surface area contributed by atoms with Crippen LogP contribution in [-0.2, 0) is 7.05 Å². The number of aromatic nitrogens is 4. The summed E-state index contributed by atoms with van der Waals surface area (Å²) in [4.78, 5) is 31.9. The number of nitrogens with one attached hydrogen (secondary N) is 3. The summed E-state index contributed by atoms with van der Waals surface area (Å²) in [6.45, 7) is 6.97. The van der Waals surface area contributed by atoms with Crippen molar-refractivity contribution in [1.82, 2.24) is 25.1 Å². The van der Waals surface area contributed by atoms with Crippen LogP contribution in [0, 0.1) is 13.8 Å². The minimum Gasteiger partial charge on any atom is -0.354 e. The third kappa shape index (κ3) is 3.81. The Bertz CT molecular complexity index is 820. The predicted molar refractivity (Wildman–Crippen MR) is 101 cm³/mol. The van der Waals surface area contributed by atoms with Crippen molar-refractivity contribution in [1.29, 1.82) is 0 Å². The molecule has 3 N–H and O–H groups in total. The van der Waals surface area contributed by atoms with Gasteiger partial charge in [-0.1, -0.05) is 0 Å². The highest BCUT2D eigenvalue weighted by molar-refractivity contribution is 6.07. The molecule has 1 amide bonds. The van der Waals surface area contributed by atoms with Crippen LogP contribution in [0.2, 0.25) is 0 Å². The van der Waals surface area contributed by atoms with Crippen LogP contribution >= 0.6 is 12.4 Å². The number of hydrogen-bond acceptors (Lipinski definition) is 5. The van der Waals surface area contributed by atoms with Crippen molar-refractivity contribution in [3.05, 3.63) is 28.3 Å². The first-order valence-corrected chi connectivity index (χ1v) is 8.51. The van der Waals surface area contributed by atoms with E-state index >= 15 is 0 Å². The molecule has 1 fully saturated rings. The van der Waals surface area contributed by atoms with Crippen molar-refractivity contribution in [3.8, 4) is 0 Å². The van der Waals surface area contributed by atoms with E-state index in [0.717, 1.165) is 31.8 Å². The summed E-state index contributed by atoms with van der Waals surface area (Å²) in [7, 11) is 1.76. The minimum absolute atomic E-state index is 0. The van der Waals surface area contributed by atoms with Gasteiger partial charge in [-0.15, -0.1) is 12.4 Å². The first kappa shape index (κ1) is 20.1. The standard InChI is InChI=1S/C17H24N6O2.ClH/c1-9-13(11(3)24)10(2)19-14(9)16(25)21-17-20-15(22-23(17)4)12-5-7-18-8-6-12;/h12,18-19H,5-8H2,1-4H3,(H,20,21,22,25);1H. The number of rotatable bonds is 4. The third-order valence-electron chi connectivity index (χ3n) is 4.73. The van der Waals surface area contributed by atoms with E-state index in [9.17, 15) is 9.59 Å². The molecule has 0 radical (unpaired) electrons. The van der Waals surface area contributed by atoms with Gasteiger partial charge in [-0.3, -0.25) is 14.9 Å². The third-order valence-corrected chi connectivity index (χ3v) is 4.73. The smallest absolute Gasteiger partial charge is 0.274 e. The Balaban J connectivity index is 0.00000243. The molecule has 1 aliphatic rings. The summed E-state index contributed by atoms with van der Waals surface area (Å²) in [6, 6.07) is 0. The average molecular weight is 381 g/mol. The van der Waals surface area contributed by atoms with E-state index in [4.69, 9.17) is 0 Å². The lowest BCUT2D eigenvalue weighted by molar-refractivity contribution is 0.101. The molecule has 9 heteroatoms. The maximum Gasteiger partial charge on any atom is 0.274 e. The number of ketones is 1. The van der Waals surface area contributed by atoms with Crippen molar-refractivity contribution in [2.45, 2.75) is 39.5 Å². The maximum atomic E-state index is 12.6. The van der Waals surface area contributed by atoms with Gasteiger partial charge in [0.2, 0.25) is 5.95 Å². The number of aryl methyl sites for hydroxylation is 2. The van der Waals surface area contributed by atoms with Gasteiger partial charge in [-0.05, 0) is 52.3 Å². The highest BCUT2D eigenvalue weighted by atomic mass is 35.5. The average Bonchev–Trinajstić information content (AvgIpc) is 3.08. The summed E-state index contributed by atoms with van der Waals surface area (Å²) in [5.74, 6) is 1.12. The molecule has 0 saturated carbocycles. The van der Waals surface area contributed by atoms with Gasteiger partial charge in [-0.2, -0.15) is 10.1 Å². The number of nitrogens with zero attached hydrogens (tertiary/aromatic N) is 3.